The molecule has 0 radical (unpaired) electrons. The molecule has 6 rings (SSSR count). The summed E-state index contributed by atoms with van der Waals surface area (Å²) in [5, 5.41) is 6.24. The van der Waals surface area contributed by atoms with E-state index < -0.39 is 0 Å². The predicted molar refractivity (Wildman–Crippen MR) is 171 cm³/mol. The summed E-state index contributed by atoms with van der Waals surface area (Å²) < 4.78 is 14.3. The van der Waals surface area contributed by atoms with E-state index in [0.717, 1.165) is 62.4 Å². The number of fused-ring (bicyclic) bond motifs is 2. The van der Waals surface area contributed by atoms with Crippen LogP contribution in [0.25, 0.3) is 34.2 Å². The van der Waals surface area contributed by atoms with Crippen molar-refractivity contribution in [2.24, 2.45) is 0 Å². The van der Waals surface area contributed by atoms with Crippen molar-refractivity contribution in [1.29, 1.82) is 0 Å². The number of thiazole rings is 1. The largest absolute Gasteiger partial charge is 0.360 e. The van der Waals surface area contributed by atoms with Crippen LogP contribution in [0.3, 0.4) is 0 Å². The van der Waals surface area contributed by atoms with Crippen molar-refractivity contribution >= 4 is 51.2 Å². The molecule has 8 heteroatoms. The zero-order valence-corrected chi connectivity index (χ0v) is 24.4. The van der Waals surface area contributed by atoms with Crippen molar-refractivity contribution in [3.8, 4) is 11.1 Å². The molecule has 1 aliphatic rings. The number of hydrogen-bond donors (Lipinski definition) is 1. The monoisotopic (exact) mass is 577 g/mol. The van der Waals surface area contributed by atoms with Gasteiger partial charge in [0.1, 0.15) is 11.6 Å². The van der Waals surface area contributed by atoms with Crippen LogP contribution in [0, 0.1) is 5.82 Å². The third kappa shape index (κ3) is 6.19. The van der Waals surface area contributed by atoms with E-state index in [9.17, 15) is 9.18 Å². The Bertz CT molecular complexity index is 1840. The lowest BCUT2D eigenvalue weighted by Gasteiger charge is -2.21. The normalized spacial score (nSPS) is 14.0. The van der Waals surface area contributed by atoms with Crippen LogP contribution in [0.15, 0.2) is 84.9 Å². The van der Waals surface area contributed by atoms with Gasteiger partial charge in [-0.25, -0.2) is 14.4 Å². The van der Waals surface area contributed by atoms with Gasteiger partial charge >= 0.3 is 0 Å². The fourth-order valence-corrected chi connectivity index (χ4v) is 6.14. The van der Waals surface area contributed by atoms with Crippen LogP contribution >= 0.6 is 11.3 Å². The molecule has 5 aromatic rings. The second-order valence-electron chi connectivity index (χ2n) is 10.6. The average Bonchev–Trinajstić information content (AvgIpc) is 3.45. The molecule has 0 saturated carbocycles. The Kier molecular flexibility index (Phi) is 7.97. The van der Waals surface area contributed by atoms with Gasteiger partial charge in [-0.3, -0.25) is 4.79 Å². The molecule has 2 heterocycles. The molecule has 212 valence electrons. The van der Waals surface area contributed by atoms with Crippen LogP contribution in [-0.2, 0) is 0 Å². The quantitative estimate of drug-likeness (QED) is 0.260. The van der Waals surface area contributed by atoms with E-state index in [1.807, 2.05) is 30.3 Å². The van der Waals surface area contributed by atoms with Crippen molar-refractivity contribution in [3.63, 3.8) is 0 Å². The maximum atomic E-state index is 13.2. The summed E-state index contributed by atoms with van der Waals surface area (Å²) in [5.74, 6) is 0.587. The summed E-state index contributed by atoms with van der Waals surface area (Å²) in [6, 6.07) is 26.0. The van der Waals surface area contributed by atoms with Crippen LogP contribution in [0.2, 0.25) is 0 Å². The Labute approximate surface area is 248 Å². The van der Waals surface area contributed by atoms with E-state index >= 15 is 0 Å². The Morgan fingerprint density at radius 1 is 0.905 bits per heavy atom. The molecule has 3 aromatic carbocycles. The highest BCUT2D eigenvalue weighted by atomic mass is 32.1. The summed E-state index contributed by atoms with van der Waals surface area (Å²) in [6.45, 7) is 1.76. The predicted octanol–water partition coefficient (Wildman–Crippen LogP) is 5.22. The third-order valence-electron chi connectivity index (χ3n) is 7.52. The number of benzene rings is 3. The molecule has 0 saturated heterocycles. The van der Waals surface area contributed by atoms with Gasteiger partial charge in [-0.05, 0) is 72.5 Å². The van der Waals surface area contributed by atoms with Gasteiger partial charge in [0.05, 0.1) is 21.4 Å². The lowest BCUT2D eigenvalue weighted by Crippen LogP contribution is -2.38. The first kappa shape index (κ1) is 27.6. The Morgan fingerprint density at radius 2 is 1.62 bits per heavy atom. The van der Waals surface area contributed by atoms with Crippen LogP contribution in [0.4, 0.5) is 15.3 Å². The highest BCUT2D eigenvalue weighted by Gasteiger charge is 2.16. The SMILES string of the molecule is CN(CCCN(C)c1nc2c(s1)=CC(NC(=O)c1ccc(-c3ccc(F)cc3)cc1)CC=2)c1ccc2ccccc2n1. The number of aromatic nitrogens is 2. The molecular weight excluding hydrogens is 545 g/mol. The van der Waals surface area contributed by atoms with Gasteiger partial charge in [0.25, 0.3) is 5.91 Å². The molecule has 1 atom stereocenters. The average molecular weight is 578 g/mol. The van der Waals surface area contributed by atoms with E-state index in [0.29, 0.717) is 12.0 Å². The number of nitrogens with one attached hydrogen (secondary N) is 1. The maximum Gasteiger partial charge on any atom is 0.251 e. The standard InChI is InChI=1S/C34H32FN5OS/c1-39(32-19-14-25-6-3-4-7-29(25)37-32)20-5-21-40(2)34-38-30-18-17-28(22-31(30)42-34)36-33(41)26-10-8-23(9-11-26)24-12-15-27(35)16-13-24/h3-4,6-16,18-19,22,28H,5,17,20-21H2,1-2H3,(H,36,41). The molecule has 0 fully saturated rings. The van der Waals surface area contributed by atoms with Crippen LogP contribution in [0.1, 0.15) is 23.2 Å². The number of carbonyl (C=O) groups excluding carboxylic acids is 1. The minimum atomic E-state index is -0.267. The Balaban J connectivity index is 1.04. The van der Waals surface area contributed by atoms with Gasteiger partial charge in [-0.2, -0.15) is 0 Å². The van der Waals surface area contributed by atoms with Gasteiger partial charge in [0.15, 0.2) is 5.13 Å². The first-order chi connectivity index (χ1) is 20.4. The highest BCUT2D eigenvalue weighted by Crippen LogP contribution is 2.21. The molecule has 2 aromatic heterocycles. The topological polar surface area (TPSA) is 61.4 Å². The summed E-state index contributed by atoms with van der Waals surface area (Å²) in [4.78, 5) is 27.0. The van der Waals surface area contributed by atoms with E-state index in [4.69, 9.17) is 9.97 Å². The first-order valence-electron chi connectivity index (χ1n) is 14.1. The molecule has 6 nitrogen and oxygen atoms in total. The fourth-order valence-electron chi connectivity index (χ4n) is 5.08. The number of pyridine rings is 1. The van der Waals surface area contributed by atoms with Crippen LogP contribution in [0.5, 0.6) is 0 Å². The summed E-state index contributed by atoms with van der Waals surface area (Å²) in [5.41, 5.74) is 3.45. The number of anilines is 2. The van der Waals surface area contributed by atoms with Crippen LogP contribution < -0.4 is 25.0 Å². The molecule has 42 heavy (non-hydrogen) atoms. The van der Waals surface area contributed by atoms with Crippen LogP contribution in [-0.4, -0.2) is 49.1 Å². The van der Waals surface area contributed by atoms with E-state index in [2.05, 4.69) is 59.6 Å². The van der Waals surface area contributed by atoms with E-state index in [1.165, 1.54) is 12.1 Å². The Morgan fingerprint density at radius 3 is 2.40 bits per heavy atom. The fraction of sp³-hybridized carbons (Fsp3) is 0.206. The van der Waals surface area contributed by atoms with Gasteiger partial charge in [-0.1, -0.05) is 59.9 Å². The van der Waals surface area contributed by atoms with Gasteiger partial charge in [0, 0.05) is 38.1 Å². The minimum Gasteiger partial charge on any atom is -0.360 e. The van der Waals surface area contributed by atoms with Crippen molar-refractivity contribution in [2.75, 3.05) is 37.0 Å². The molecule has 1 N–H and O–H groups in total. The van der Waals surface area contributed by atoms with E-state index in [1.54, 1.807) is 35.6 Å². The van der Waals surface area contributed by atoms with Crippen molar-refractivity contribution < 1.29 is 9.18 Å². The lowest BCUT2D eigenvalue weighted by atomic mass is 10.0. The minimum absolute atomic E-state index is 0.0940. The molecule has 1 amide bonds. The molecule has 1 unspecified atom stereocenters. The molecule has 0 bridgehead atoms. The van der Waals surface area contributed by atoms with Crippen molar-refractivity contribution in [2.45, 2.75) is 18.9 Å². The third-order valence-corrected chi connectivity index (χ3v) is 8.67. The van der Waals surface area contributed by atoms with Gasteiger partial charge in [-0.15, -0.1) is 0 Å². The molecule has 0 spiro atoms. The number of hydrogen-bond acceptors (Lipinski definition) is 6. The summed E-state index contributed by atoms with van der Waals surface area (Å²) in [7, 11) is 4.16. The maximum absolute atomic E-state index is 13.2. The Hall–Kier alpha value is -4.56. The first-order valence-corrected chi connectivity index (χ1v) is 14.9. The molecule has 0 aliphatic heterocycles. The number of halogens is 1. The van der Waals surface area contributed by atoms with Crippen molar-refractivity contribution in [3.05, 3.63) is 106 Å². The lowest BCUT2D eigenvalue weighted by molar-refractivity contribution is 0.0947. The summed E-state index contributed by atoms with van der Waals surface area (Å²) >= 11 is 1.65. The number of rotatable bonds is 9. The molecular formula is C34H32FN5OS. The number of para-hydroxylation sites is 1. The smallest absolute Gasteiger partial charge is 0.251 e. The van der Waals surface area contributed by atoms with Gasteiger partial charge < -0.3 is 15.1 Å². The second kappa shape index (κ2) is 12.1. The van der Waals surface area contributed by atoms with Crippen molar-refractivity contribution in [1.82, 2.24) is 15.3 Å². The highest BCUT2D eigenvalue weighted by molar-refractivity contribution is 7.13. The number of carbonyl (C=O) groups is 1. The van der Waals surface area contributed by atoms with E-state index in [-0.39, 0.29) is 17.8 Å². The molecule has 1 aliphatic carbocycles. The number of amides is 1. The van der Waals surface area contributed by atoms with Gasteiger partial charge in [0.2, 0.25) is 0 Å². The zero-order valence-electron chi connectivity index (χ0n) is 23.6. The summed E-state index contributed by atoms with van der Waals surface area (Å²) in [6.07, 6.45) is 5.87. The second-order valence-corrected chi connectivity index (χ2v) is 11.6. The number of nitrogens with zero attached hydrogens (tertiary/aromatic N) is 4. The zero-order chi connectivity index (χ0) is 29.1.